The molecule has 0 aromatic heterocycles. The van der Waals surface area contributed by atoms with Gasteiger partial charge in [-0.05, 0) is 61.6 Å². The van der Waals surface area contributed by atoms with E-state index in [9.17, 15) is 14.0 Å². The molecule has 2 heterocycles. The molecule has 37 heavy (non-hydrogen) atoms. The SMILES string of the molecule is CCN(CC)C(=O)C1=C(C)N=C2SC=C(CC(=O)NCc3ccc(F)cc3)N2[C@@H]1c1cccc(OC)c1. The van der Waals surface area contributed by atoms with Crippen LogP contribution in [0.2, 0.25) is 0 Å². The Hall–Kier alpha value is -3.59. The van der Waals surface area contributed by atoms with Gasteiger partial charge in [0.05, 0.1) is 30.8 Å². The Bertz CT molecular complexity index is 1270. The lowest BCUT2D eigenvalue weighted by molar-refractivity contribution is -0.127. The average Bonchev–Trinajstić information content (AvgIpc) is 3.29. The number of rotatable bonds is 9. The zero-order valence-electron chi connectivity index (χ0n) is 21.5. The Kier molecular flexibility index (Phi) is 8.33. The van der Waals surface area contributed by atoms with E-state index in [0.29, 0.717) is 36.7 Å². The minimum absolute atomic E-state index is 0.0740. The number of ether oxygens (including phenoxy) is 1. The summed E-state index contributed by atoms with van der Waals surface area (Å²) in [6.07, 6.45) is 0.111. The number of fused-ring (bicyclic) bond motifs is 1. The average molecular weight is 523 g/mol. The van der Waals surface area contributed by atoms with Crippen molar-refractivity contribution >= 4 is 28.7 Å². The summed E-state index contributed by atoms with van der Waals surface area (Å²) in [4.78, 5) is 35.2. The van der Waals surface area contributed by atoms with Gasteiger partial charge < -0.3 is 19.9 Å². The van der Waals surface area contributed by atoms with Crippen molar-refractivity contribution < 1.29 is 18.7 Å². The minimum atomic E-state index is -0.457. The summed E-state index contributed by atoms with van der Waals surface area (Å²) in [5.74, 6) is 0.116. The second-order valence-corrected chi connectivity index (χ2v) is 9.56. The molecule has 0 radical (unpaired) electrons. The lowest BCUT2D eigenvalue weighted by atomic mass is 9.92. The van der Waals surface area contributed by atoms with Crippen molar-refractivity contribution in [2.75, 3.05) is 20.2 Å². The van der Waals surface area contributed by atoms with Crippen LogP contribution in [-0.4, -0.2) is 47.0 Å². The van der Waals surface area contributed by atoms with E-state index in [1.54, 1.807) is 24.1 Å². The molecule has 2 aromatic rings. The van der Waals surface area contributed by atoms with Crippen LogP contribution in [0.5, 0.6) is 5.75 Å². The van der Waals surface area contributed by atoms with Gasteiger partial charge in [-0.25, -0.2) is 9.38 Å². The molecule has 0 bridgehead atoms. The van der Waals surface area contributed by atoms with Gasteiger partial charge in [-0.2, -0.15) is 0 Å². The number of hydrogen-bond acceptors (Lipinski definition) is 6. The fourth-order valence-corrected chi connectivity index (χ4v) is 5.45. The summed E-state index contributed by atoms with van der Waals surface area (Å²) in [6.45, 7) is 7.23. The third-order valence-electron chi connectivity index (χ3n) is 6.44. The number of benzene rings is 2. The maximum Gasteiger partial charge on any atom is 0.254 e. The molecule has 0 saturated heterocycles. The molecule has 4 rings (SSSR count). The number of allylic oxidation sites excluding steroid dienone is 1. The van der Waals surface area contributed by atoms with E-state index in [4.69, 9.17) is 9.73 Å². The summed E-state index contributed by atoms with van der Waals surface area (Å²) >= 11 is 1.44. The lowest BCUT2D eigenvalue weighted by Crippen LogP contribution is -2.42. The molecule has 0 saturated carbocycles. The fraction of sp³-hybridized carbons (Fsp3) is 0.321. The van der Waals surface area contributed by atoms with Gasteiger partial charge in [0.1, 0.15) is 11.6 Å². The number of amidine groups is 1. The van der Waals surface area contributed by atoms with Crippen LogP contribution >= 0.6 is 11.8 Å². The predicted molar refractivity (Wildman–Crippen MR) is 144 cm³/mol. The Morgan fingerprint density at radius 2 is 1.89 bits per heavy atom. The first-order valence-corrected chi connectivity index (χ1v) is 13.1. The van der Waals surface area contributed by atoms with Crippen LogP contribution in [0.3, 0.4) is 0 Å². The third-order valence-corrected chi connectivity index (χ3v) is 7.32. The molecule has 2 aromatic carbocycles. The van der Waals surface area contributed by atoms with Crippen LogP contribution in [0.1, 0.15) is 44.4 Å². The van der Waals surface area contributed by atoms with E-state index >= 15 is 0 Å². The summed E-state index contributed by atoms with van der Waals surface area (Å²) in [7, 11) is 1.61. The van der Waals surface area contributed by atoms with Gasteiger partial charge in [-0.15, -0.1) is 0 Å². The quantitative estimate of drug-likeness (QED) is 0.503. The van der Waals surface area contributed by atoms with Crippen molar-refractivity contribution in [3.8, 4) is 5.75 Å². The van der Waals surface area contributed by atoms with Crippen LogP contribution in [0.25, 0.3) is 0 Å². The smallest absolute Gasteiger partial charge is 0.254 e. The monoisotopic (exact) mass is 522 g/mol. The topological polar surface area (TPSA) is 74.2 Å². The Labute approximate surface area is 221 Å². The van der Waals surface area contributed by atoms with Gasteiger partial charge in [0.15, 0.2) is 5.17 Å². The number of nitrogens with zero attached hydrogens (tertiary/aromatic N) is 3. The highest BCUT2D eigenvalue weighted by atomic mass is 32.2. The van der Waals surface area contributed by atoms with Crippen molar-refractivity contribution in [1.82, 2.24) is 15.1 Å². The fourth-order valence-electron chi connectivity index (χ4n) is 4.48. The number of amides is 2. The lowest BCUT2D eigenvalue weighted by Gasteiger charge is -2.38. The highest BCUT2D eigenvalue weighted by Crippen LogP contribution is 2.45. The molecule has 1 atom stereocenters. The van der Waals surface area contributed by atoms with E-state index in [-0.39, 0.29) is 24.1 Å². The van der Waals surface area contributed by atoms with Crippen molar-refractivity contribution in [2.45, 2.75) is 39.8 Å². The molecule has 1 N–H and O–H groups in total. The van der Waals surface area contributed by atoms with Crippen LogP contribution < -0.4 is 10.1 Å². The highest BCUT2D eigenvalue weighted by Gasteiger charge is 2.41. The molecule has 0 aliphatic carbocycles. The summed E-state index contributed by atoms with van der Waals surface area (Å²) in [5.41, 5.74) is 3.69. The standard InChI is InChI=1S/C28H31FN4O3S/c1-5-32(6-2)27(35)25-18(3)31-28-33(26(25)20-8-7-9-23(14-20)36-4)22(17-37-28)15-24(34)30-16-19-10-12-21(29)13-11-19/h7-14,17,26H,5-6,15-16H2,1-4H3,(H,30,34)/t26-/m1/s1. The molecule has 194 valence electrons. The molecular weight excluding hydrogens is 491 g/mol. The van der Waals surface area contributed by atoms with E-state index in [2.05, 4.69) is 5.32 Å². The molecule has 7 nitrogen and oxygen atoms in total. The van der Waals surface area contributed by atoms with Crippen molar-refractivity contribution in [3.63, 3.8) is 0 Å². The van der Waals surface area contributed by atoms with E-state index in [0.717, 1.165) is 22.0 Å². The molecule has 2 aliphatic heterocycles. The maximum absolute atomic E-state index is 13.7. The van der Waals surface area contributed by atoms with Gasteiger partial charge in [-0.3, -0.25) is 9.59 Å². The third kappa shape index (κ3) is 5.72. The number of carbonyl (C=O) groups excluding carboxylic acids is 2. The summed E-state index contributed by atoms with van der Waals surface area (Å²) in [6, 6.07) is 13.2. The first kappa shape index (κ1) is 26.5. The van der Waals surface area contributed by atoms with Gasteiger partial charge >= 0.3 is 0 Å². The zero-order valence-corrected chi connectivity index (χ0v) is 22.3. The normalized spacial score (nSPS) is 16.7. The first-order valence-electron chi connectivity index (χ1n) is 12.2. The Morgan fingerprint density at radius 3 is 2.57 bits per heavy atom. The number of thioether (sulfide) groups is 1. The van der Waals surface area contributed by atoms with Crippen LogP contribution in [0, 0.1) is 5.82 Å². The minimum Gasteiger partial charge on any atom is -0.497 e. The highest BCUT2D eigenvalue weighted by molar-refractivity contribution is 8.16. The number of hydrogen-bond donors (Lipinski definition) is 1. The van der Waals surface area contributed by atoms with Crippen LogP contribution in [-0.2, 0) is 16.1 Å². The molecule has 2 aliphatic rings. The second-order valence-electron chi connectivity index (χ2n) is 8.73. The number of aliphatic imine (C=N–C) groups is 1. The van der Waals surface area contributed by atoms with Crippen LogP contribution in [0.15, 0.2) is 75.9 Å². The molecule has 2 amide bonds. The molecule has 0 fully saturated rings. The molecule has 0 unspecified atom stereocenters. The molecule has 9 heteroatoms. The van der Waals surface area contributed by atoms with Gasteiger partial charge in [0, 0.05) is 25.3 Å². The molecule has 0 spiro atoms. The Balaban J connectivity index is 1.64. The number of carbonyl (C=O) groups is 2. The van der Waals surface area contributed by atoms with Crippen LogP contribution in [0.4, 0.5) is 4.39 Å². The van der Waals surface area contributed by atoms with Crippen molar-refractivity contribution in [3.05, 3.63) is 87.9 Å². The van der Waals surface area contributed by atoms with Gasteiger partial charge in [0.2, 0.25) is 5.91 Å². The number of halogens is 1. The zero-order chi connectivity index (χ0) is 26.5. The second kappa shape index (κ2) is 11.6. The number of nitrogens with one attached hydrogen (secondary N) is 1. The van der Waals surface area contributed by atoms with Gasteiger partial charge in [-0.1, -0.05) is 36.0 Å². The summed E-state index contributed by atoms with van der Waals surface area (Å²) in [5, 5.41) is 5.55. The van der Waals surface area contributed by atoms with Crippen molar-refractivity contribution in [1.29, 1.82) is 0 Å². The van der Waals surface area contributed by atoms with E-state index < -0.39 is 6.04 Å². The van der Waals surface area contributed by atoms with E-state index in [1.165, 1.54) is 23.9 Å². The number of methoxy groups -OCH3 is 1. The largest absolute Gasteiger partial charge is 0.497 e. The Morgan fingerprint density at radius 1 is 1.16 bits per heavy atom. The van der Waals surface area contributed by atoms with Crippen molar-refractivity contribution in [2.24, 2.45) is 4.99 Å². The summed E-state index contributed by atoms with van der Waals surface area (Å²) < 4.78 is 18.7. The predicted octanol–water partition coefficient (Wildman–Crippen LogP) is 4.98. The molecular formula is C28H31FN4O3S. The number of likely N-dealkylation sites (N-methyl/N-ethyl adjacent to an activating group) is 1. The van der Waals surface area contributed by atoms with Gasteiger partial charge in [0.25, 0.3) is 5.91 Å². The maximum atomic E-state index is 13.7. The first-order chi connectivity index (χ1) is 17.9. The van der Waals surface area contributed by atoms with E-state index in [1.807, 2.05) is 55.3 Å².